The van der Waals surface area contributed by atoms with Crippen LogP contribution in [-0.2, 0) is 0 Å². The van der Waals surface area contributed by atoms with Gasteiger partial charge in [0.1, 0.15) is 11.6 Å². The van der Waals surface area contributed by atoms with Gasteiger partial charge in [0, 0.05) is 12.6 Å². The Labute approximate surface area is 114 Å². The Morgan fingerprint density at radius 2 is 1.89 bits per heavy atom. The highest BCUT2D eigenvalue weighted by Gasteiger charge is 2.17. The van der Waals surface area contributed by atoms with Crippen molar-refractivity contribution in [2.45, 2.75) is 39.0 Å². The zero-order chi connectivity index (χ0) is 13.7. The predicted molar refractivity (Wildman–Crippen MR) is 78.5 cm³/mol. The molecule has 6 nitrogen and oxygen atoms in total. The molecule has 1 heterocycles. The number of nitrogen functional groups attached to an aromatic ring is 2. The molecule has 19 heavy (non-hydrogen) atoms. The smallest absolute Gasteiger partial charge is 0.223 e. The summed E-state index contributed by atoms with van der Waals surface area (Å²) < 4.78 is 0. The molecule has 2 rings (SSSR count). The van der Waals surface area contributed by atoms with Gasteiger partial charge in [-0.3, -0.25) is 0 Å². The van der Waals surface area contributed by atoms with Gasteiger partial charge in [0.15, 0.2) is 0 Å². The van der Waals surface area contributed by atoms with Gasteiger partial charge in [0.2, 0.25) is 5.95 Å². The van der Waals surface area contributed by atoms with E-state index in [1.807, 2.05) is 0 Å². The first-order valence-corrected chi connectivity index (χ1v) is 7.02. The van der Waals surface area contributed by atoms with Crippen molar-refractivity contribution >= 4 is 17.6 Å². The average molecular weight is 264 g/mol. The van der Waals surface area contributed by atoms with Crippen LogP contribution in [0.3, 0.4) is 0 Å². The van der Waals surface area contributed by atoms with Crippen LogP contribution in [0.15, 0.2) is 6.07 Å². The molecule has 0 unspecified atom stereocenters. The molecule has 0 saturated heterocycles. The molecule has 0 atom stereocenters. The minimum absolute atomic E-state index is 0.226. The van der Waals surface area contributed by atoms with Gasteiger partial charge in [-0.1, -0.05) is 32.6 Å². The third-order valence-corrected chi connectivity index (χ3v) is 3.89. The van der Waals surface area contributed by atoms with Crippen molar-refractivity contribution in [2.75, 3.05) is 23.0 Å². The van der Waals surface area contributed by atoms with Crippen molar-refractivity contribution in [3.63, 3.8) is 0 Å². The maximum Gasteiger partial charge on any atom is 0.223 e. The van der Waals surface area contributed by atoms with E-state index >= 15 is 0 Å². The van der Waals surface area contributed by atoms with E-state index in [0.29, 0.717) is 5.82 Å². The number of hydrogen-bond acceptors (Lipinski definition) is 6. The second-order valence-electron chi connectivity index (χ2n) is 5.48. The lowest BCUT2D eigenvalue weighted by Crippen LogP contribution is -2.17. The Kier molecular flexibility index (Phi) is 4.79. The van der Waals surface area contributed by atoms with Gasteiger partial charge < -0.3 is 16.5 Å². The van der Waals surface area contributed by atoms with Crippen LogP contribution in [0.5, 0.6) is 0 Å². The summed E-state index contributed by atoms with van der Waals surface area (Å²) in [5.41, 5.74) is 8.09. The fraction of sp³-hybridized carbons (Fsp3) is 0.692. The van der Waals surface area contributed by atoms with E-state index in [4.69, 9.17) is 11.6 Å². The Morgan fingerprint density at radius 1 is 1.21 bits per heavy atom. The highest BCUT2D eigenvalue weighted by Crippen LogP contribution is 2.30. The molecule has 1 fully saturated rings. The first kappa shape index (κ1) is 13.9. The molecule has 0 bridgehead atoms. The molecular formula is C13H24N6. The highest BCUT2D eigenvalue weighted by molar-refractivity contribution is 5.50. The van der Waals surface area contributed by atoms with Crippen LogP contribution in [0.2, 0.25) is 0 Å². The number of rotatable bonds is 5. The van der Waals surface area contributed by atoms with Crippen molar-refractivity contribution in [2.24, 2.45) is 17.7 Å². The third-order valence-electron chi connectivity index (χ3n) is 3.89. The van der Waals surface area contributed by atoms with Crippen molar-refractivity contribution < 1.29 is 0 Å². The number of nitrogens with one attached hydrogen (secondary N) is 2. The minimum Gasteiger partial charge on any atom is -0.370 e. The van der Waals surface area contributed by atoms with E-state index in [-0.39, 0.29) is 5.95 Å². The molecule has 6 heteroatoms. The monoisotopic (exact) mass is 264 g/mol. The van der Waals surface area contributed by atoms with Crippen molar-refractivity contribution in [3.8, 4) is 0 Å². The Bertz CT molecular complexity index is 400. The van der Waals surface area contributed by atoms with Crippen molar-refractivity contribution in [3.05, 3.63) is 6.07 Å². The van der Waals surface area contributed by atoms with Gasteiger partial charge in [-0.15, -0.1) is 0 Å². The maximum absolute atomic E-state index is 5.61. The summed E-state index contributed by atoms with van der Waals surface area (Å²) in [7, 11) is 0. The van der Waals surface area contributed by atoms with E-state index < -0.39 is 0 Å². The molecule has 1 saturated carbocycles. The molecule has 6 N–H and O–H groups in total. The fourth-order valence-corrected chi connectivity index (χ4v) is 2.65. The average Bonchev–Trinajstić information content (AvgIpc) is 2.40. The molecule has 106 valence electrons. The molecule has 0 radical (unpaired) electrons. The lowest BCUT2D eigenvalue weighted by atomic mass is 9.81. The quantitative estimate of drug-likeness (QED) is 0.479. The fourth-order valence-electron chi connectivity index (χ4n) is 2.65. The summed E-state index contributed by atoms with van der Waals surface area (Å²) in [6, 6.07) is 1.76. The van der Waals surface area contributed by atoms with Crippen LogP contribution in [0, 0.1) is 11.8 Å². The second-order valence-corrected chi connectivity index (χ2v) is 5.48. The highest BCUT2D eigenvalue weighted by atomic mass is 15.3. The first-order valence-electron chi connectivity index (χ1n) is 7.02. The SMILES string of the molecule is CC1CCC(CCNc2cc(NN)nc(N)n2)CC1. The first-order chi connectivity index (χ1) is 9.17. The molecule has 1 aromatic rings. The summed E-state index contributed by atoms with van der Waals surface area (Å²) in [5.74, 6) is 8.55. The lowest BCUT2D eigenvalue weighted by Gasteiger charge is -2.26. The van der Waals surface area contributed by atoms with E-state index in [1.165, 1.54) is 32.1 Å². The lowest BCUT2D eigenvalue weighted by molar-refractivity contribution is 0.282. The maximum atomic E-state index is 5.61. The van der Waals surface area contributed by atoms with E-state index in [0.717, 1.165) is 24.2 Å². The number of hydrazine groups is 1. The van der Waals surface area contributed by atoms with Gasteiger partial charge in [-0.2, -0.15) is 9.97 Å². The number of aromatic nitrogens is 2. The number of nitrogens with two attached hydrogens (primary N) is 2. The van der Waals surface area contributed by atoms with Gasteiger partial charge in [0.25, 0.3) is 0 Å². The van der Waals surface area contributed by atoms with E-state index in [1.54, 1.807) is 6.07 Å². The van der Waals surface area contributed by atoms with E-state index in [2.05, 4.69) is 27.6 Å². The molecule has 0 amide bonds. The molecular weight excluding hydrogens is 240 g/mol. The zero-order valence-corrected chi connectivity index (χ0v) is 11.5. The molecule has 0 spiro atoms. The standard InChI is InChI=1S/C13H24N6/c1-9-2-4-10(5-3-9)6-7-16-11-8-12(19-15)18-13(14)17-11/h8-10H,2-7,15H2,1H3,(H4,14,16,17,18,19). The van der Waals surface area contributed by atoms with Crippen molar-refractivity contribution in [1.82, 2.24) is 9.97 Å². The number of hydrogen-bond donors (Lipinski definition) is 4. The van der Waals surface area contributed by atoms with E-state index in [9.17, 15) is 0 Å². The topological polar surface area (TPSA) is 102 Å². The third kappa shape index (κ3) is 4.24. The Hall–Kier alpha value is -1.56. The minimum atomic E-state index is 0.226. The second kappa shape index (κ2) is 6.56. The summed E-state index contributed by atoms with van der Waals surface area (Å²) in [6.07, 6.45) is 6.62. The summed E-state index contributed by atoms with van der Waals surface area (Å²) >= 11 is 0. The largest absolute Gasteiger partial charge is 0.370 e. The normalized spacial score (nSPS) is 23.1. The van der Waals surface area contributed by atoms with Gasteiger partial charge in [-0.05, 0) is 18.3 Å². The Morgan fingerprint density at radius 3 is 2.58 bits per heavy atom. The molecule has 0 aliphatic heterocycles. The van der Waals surface area contributed by atoms with Crippen LogP contribution in [0.1, 0.15) is 39.0 Å². The van der Waals surface area contributed by atoms with Crippen LogP contribution in [0.25, 0.3) is 0 Å². The number of nitrogens with zero attached hydrogens (tertiary/aromatic N) is 2. The van der Waals surface area contributed by atoms with Crippen molar-refractivity contribution in [1.29, 1.82) is 0 Å². The molecule has 1 aromatic heterocycles. The summed E-state index contributed by atoms with van der Waals surface area (Å²) in [5, 5.41) is 3.29. The summed E-state index contributed by atoms with van der Waals surface area (Å²) in [4.78, 5) is 8.09. The van der Waals surface area contributed by atoms with Crippen LogP contribution < -0.4 is 22.3 Å². The van der Waals surface area contributed by atoms with Gasteiger partial charge >= 0.3 is 0 Å². The Balaban J connectivity index is 1.77. The molecule has 0 aromatic carbocycles. The zero-order valence-electron chi connectivity index (χ0n) is 11.5. The summed E-state index contributed by atoms with van der Waals surface area (Å²) in [6.45, 7) is 3.26. The van der Waals surface area contributed by atoms with Crippen LogP contribution in [-0.4, -0.2) is 16.5 Å². The van der Waals surface area contributed by atoms with Gasteiger partial charge in [0.05, 0.1) is 0 Å². The van der Waals surface area contributed by atoms with Crippen LogP contribution in [0.4, 0.5) is 17.6 Å². The molecule has 1 aliphatic rings. The van der Waals surface area contributed by atoms with Crippen LogP contribution >= 0.6 is 0 Å². The predicted octanol–water partition coefficient (Wildman–Crippen LogP) is 1.97. The molecule has 1 aliphatic carbocycles. The van der Waals surface area contributed by atoms with Gasteiger partial charge in [-0.25, -0.2) is 5.84 Å². The number of anilines is 3.